The Kier molecular flexibility index (Phi) is 6.35. The molecule has 0 radical (unpaired) electrons. The summed E-state index contributed by atoms with van der Waals surface area (Å²) in [5, 5.41) is 0.583. The van der Waals surface area contributed by atoms with E-state index in [1.165, 1.54) is 19.3 Å². The van der Waals surface area contributed by atoms with E-state index in [0.29, 0.717) is 23.0 Å². The van der Waals surface area contributed by atoms with Crippen LogP contribution in [0.5, 0.6) is 11.5 Å². The lowest BCUT2D eigenvalue weighted by Gasteiger charge is -2.20. The van der Waals surface area contributed by atoms with Gasteiger partial charge in [0.2, 0.25) is 0 Å². The summed E-state index contributed by atoms with van der Waals surface area (Å²) in [5.41, 5.74) is 1.68. The Morgan fingerprint density at radius 1 is 1.15 bits per heavy atom. The van der Waals surface area contributed by atoms with Gasteiger partial charge in [0.05, 0.1) is 12.2 Å². The fourth-order valence-corrected chi connectivity index (χ4v) is 3.22. The van der Waals surface area contributed by atoms with Gasteiger partial charge in [-0.3, -0.25) is 4.79 Å². The maximum atomic E-state index is 12.9. The van der Waals surface area contributed by atoms with Crippen LogP contribution in [-0.2, 0) is 11.3 Å². The quantitative estimate of drug-likeness (QED) is 0.429. The molecule has 1 amide bonds. The van der Waals surface area contributed by atoms with Crippen LogP contribution in [0.4, 0.5) is 5.69 Å². The first-order chi connectivity index (χ1) is 12.7. The highest BCUT2D eigenvalue weighted by Crippen LogP contribution is 2.40. The fourth-order valence-electron chi connectivity index (χ4n) is 3.06. The molecule has 0 saturated carbocycles. The highest BCUT2D eigenvalue weighted by atomic mass is 35.5. The van der Waals surface area contributed by atoms with E-state index < -0.39 is 0 Å². The van der Waals surface area contributed by atoms with Gasteiger partial charge < -0.3 is 9.64 Å². The third-order valence-electron chi connectivity index (χ3n) is 4.48. The molecule has 2 aromatic carbocycles. The molecule has 0 fully saturated rings. The van der Waals surface area contributed by atoms with Crippen molar-refractivity contribution in [3.05, 3.63) is 65.2 Å². The second-order valence-electron chi connectivity index (χ2n) is 6.50. The molecule has 0 atom stereocenters. The van der Waals surface area contributed by atoms with Crippen molar-refractivity contribution >= 4 is 23.2 Å². The van der Waals surface area contributed by atoms with Gasteiger partial charge in [0.15, 0.2) is 5.75 Å². The smallest absolute Gasteiger partial charge is 0.251 e. The normalized spacial score (nSPS) is 13.1. The number of nitrogens with zero attached hydrogens (tertiary/aromatic N) is 1. The summed E-state index contributed by atoms with van der Waals surface area (Å²) in [6, 6.07) is 13.2. The molecule has 0 unspecified atom stereocenters. The van der Waals surface area contributed by atoms with E-state index in [4.69, 9.17) is 16.3 Å². The van der Waals surface area contributed by atoms with Crippen molar-refractivity contribution in [2.24, 2.45) is 0 Å². The number of ether oxygens (including phenoxy) is 1. The SMILES string of the molecule is CCCCCCC=CC(=O)N1Cc2ccccc2Oc2ccc(Cl)cc21. The van der Waals surface area contributed by atoms with Crippen LogP contribution >= 0.6 is 11.6 Å². The zero-order valence-electron chi connectivity index (χ0n) is 15.1. The van der Waals surface area contributed by atoms with Gasteiger partial charge in [0.25, 0.3) is 5.91 Å². The number of allylic oxidation sites excluding steroid dienone is 1. The first-order valence-electron chi connectivity index (χ1n) is 9.22. The zero-order valence-corrected chi connectivity index (χ0v) is 15.8. The molecule has 0 aromatic heterocycles. The van der Waals surface area contributed by atoms with E-state index in [0.717, 1.165) is 24.2 Å². The largest absolute Gasteiger partial charge is 0.455 e. The number of halogens is 1. The molecule has 3 nitrogen and oxygen atoms in total. The van der Waals surface area contributed by atoms with E-state index in [9.17, 15) is 4.79 Å². The van der Waals surface area contributed by atoms with Crippen molar-refractivity contribution in [1.29, 1.82) is 0 Å². The molecule has 4 heteroatoms. The number of rotatable bonds is 6. The van der Waals surface area contributed by atoms with Gasteiger partial charge in [0.1, 0.15) is 5.75 Å². The Morgan fingerprint density at radius 3 is 2.85 bits per heavy atom. The van der Waals surface area contributed by atoms with Gasteiger partial charge in [-0.25, -0.2) is 0 Å². The van der Waals surface area contributed by atoms with Crippen LogP contribution in [0.2, 0.25) is 5.02 Å². The maximum Gasteiger partial charge on any atom is 0.251 e. The Morgan fingerprint density at radius 2 is 2.00 bits per heavy atom. The molecule has 26 heavy (non-hydrogen) atoms. The summed E-state index contributed by atoms with van der Waals surface area (Å²) < 4.78 is 6.03. The van der Waals surface area contributed by atoms with Crippen LogP contribution in [0.25, 0.3) is 0 Å². The molecule has 0 aliphatic carbocycles. The van der Waals surface area contributed by atoms with Crippen LogP contribution in [0.1, 0.15) is 44.6 Å². The number of carbonyl (C=O) groups excluding carboxylic acids is 1. The molecular weight excluding hydrogens is 346 g/mol. The summed E-state index contributed by atoms with van der Waals surface area (Å²) in [7, 11) is 0. The molecule has 0 N–H and O–H groups in total. The van der Waals surface area contributed by atoms with E-state index in [-0.39, 0.29) is 5.91 Å². The molecule has 2 aromatic rings. The summed E-state index contributed by atoms with van der Waals surface area (Å²) in [5.74, 6) is 1.36. The first kappa shape index (κ1) is 18.5. The second kappa shape index (κ2) is 8.91. The van der Waals surface area contributed by atoms with Gasteiger partial charge in [-0.15, -0.1) is 0 Å². The Labute approximate surface area is 160 Å². The molecule has 3 rings (SSSR count). The average Bonchev–Trinajstić information content (AvgIpc) is 2.81. The van der Waals surface area contributed by atoms with Crippen LogP contribution in [-0.4, -0.2) is 5.91 Å². The van der Waals surface area contributed by atoms with Gasteiger partial charge in [0, 0.05) is 10.6 Å². The van der Waals surface area contributed by atoms with Gasteiger partial charge in [-0.1, -0.05) is 62.1 Å². The fraction of sp³-hybridized carbons (Fsp3) is 0.318. The minimum atomic E-state index is -0.0516. The molecule has 0 spiro atoms. The molecule has 0 saturated heterocycles. The van der Waals surface area contributed by atoms with Crippen molar-refractivity contribution in [3.63, 3.8) is 0 Å². The van der Waals surface area contributed by atoms with Crippen LogP contribution in [0.3, 0.4) is 0 Å². The molecule has 1 aliphatic rings. The van der Waals surface area contributed by atoms with E-state index >= 15 is 0 Å². The lowest BCUT2D eigenvalue weighted by atomic mass is 10.1. The number of hydrogen-bond donors (Lipinski definition) is 0. The van der Waals surface area contributed by atoms with Gasteiger partial charge in [-0.2, -0.15) is 0 Å². The number of benzene rings is 2. The molecular formula is C22H24ClNO2. The van der Waals surface area contributed by atoms with Crippen LogP contribution in [0.15, 0.2) is 54.6 Å². The number of fused-ring (bicyclic) bond motifs is 2. The second-order valence-corrected chi connectivity index (χ2v) is 6.93. The summed E-state index contributed by atoms with van der Waals surface area (Å²) in [6.45, 7) is 2.66. The molecule has 136 valence electrons. The zero-order chi connectivity index (χ0) is 18.4. The van der Waals surface area contributed by atoms with E-state index in [1.807, 2.05) is 36.4 Å². The monoisotopic (exact) mass is 369 g/mol. The van der Waals surface area contributed by atoms with Crippen molar-refractivity contribution in [2.45, 2.75) is 45.6 Å². The number of amides is 1. The molecule has 1 aliphatic heterocycles. The Bertz CT molecular complexity index is 800. The highest BCUT2D eigenvalue weighted by molar-refractivity contribution is 6.31. The predicted molar refractivity (Wildman–Crippen MR) is 107 cm³/mol. The minimum absolute atomic E-state index is 0.0516. The first-order valence-corrected chi connectivity index (χ1v) is 9.60. The van der Waals surface area contributed by atoms with E-state index in [1.54, 1.807) is 23.1 Å². The third-order valence-corrected chi connectivity index (χ3v) is 4.72. The number of hydrogen-bond acceptors (Lipinski definition) is 2. The molecule has 1 heterocycles. The van der Waals surface area contributed by atoms with E-state index in [2.05, 4.69) is 6.92 Å². The van der Waals surface area contributed by atoms with Crippen molar-refractivity contribution in [1.82, 2.24) is 0 Å². The third kappa shape index (κ3) is 4.47. The summed E-state index contributed by atoms with van der Waals surface area (Å²) >= 11 is 6.17. The number of unbranched alkanes of at least 4 members (excludes halogenated alkanes) is 4. The topological polar surface area (TPSA) is 29.5 Å². The van der Waals surface area contributed by atoms with Crippen molar-refractivity contribution in [3.8, 4) is 11.5 Å². The predicted octanol–water partition coefficient (Wildman–Crippen LogP) is 6.51. The standard InChI is InChI=1S/C22H24ClNO2/c1-2-3-4-5-6-7-12-22(25)24-16-17-10-8-9-11-20(17)26-21-14-13-18(23)15-19(21)24/h7-15H,2-6,16H2,1H3. The lowest BCUT2D eigenvalue weighted by Crippen LogP contribution is -2.28. The van der Waals surface area contributed by atoms with Crippen LogP contribution in [0, 0.1) is 0 Å². The summed E-state index contributed by atoms with van der Waals surface area (Å²) in [6.07, 6.45) is 9.35. The molecule has 0 bridgehead atoms. The Balaban J connectivity index is 1.82. The van der Waals surface area contributed by atoms with Crippen LogP contribution < -0.4 is 9.64 Å². The Hall–Kier alpha value is -2.26. The van der Waals surface area contributed by atoms with Crippen molar-refractivity contribution in [2.75, 3.05) is 4.90 Å². The average molecular weight is 370 g/mol. The maximum absolute atomic E-state index is 12.9. The number of anilines is 1. The minimum Gasteiger partial charge on any atom is -0.455 e. The number of para-hydroxylation sites is 1. The van der Waals surface area contributed by atoms with Gasteiger partial charge in [-0.05, 0) is 43.2 Å². The number of carbonyl (C=O) groups is 1. The highest BCUT2D eigenvalue weighted by Gasteiger charge is 2.24. The van der Waals surface area contributed by atoms with Gasteiger partial charge >= 0.3 is 0 Å². The summed E-state index contributed by atoms with van der Waals surface area (Å²) in [4.78, 5) is 14.6. The van der Waals surface area contributed by atoms with Crippen molar-refractivity contribution < 1.29 is 9.53 Å². The lowest BCUT2D eigenvalue weighted by molar-refractivity contribution is -0.114.